The highest BCUT2D eigenvalue weighted by Crippen LogP contribution is 2.21. The Morgan fingerprint density at radius 3 is 2.88 bits per heavy atom. The summed E-state index contributed by atoms with van der Waals surface area (Å²) in [5, 5.41) is 0. The molecule has 0 atom stereocenters. The smallest absolute Gasteiger partial charge is 0.115 e. The lowest BCUT2D eigenvalue weighted by molar-refractivity contribution is 0.533. The van der Waals surface area contributed by atoms with Gasteiger partial charge >= 0.3 is 0 Å². The van der Waals surface area contributed by atoms with E-state index in [1.54, 1.807) is 6.20 Å². The van der Waals surface area contributed by atoms with Crippen LogP contribution in [0.4, 0.5) is 0 Å². The maximum absolute atomic E-state index is 4.43. The highest BCUT2D eigenvalue weighted by Gasteiger charge is 2.09. The van der Waals surface area contributed by atoms with E-state index in [0.29, 0.717) is 5.92 Å². The third kappa shape index (κ3) is 1.65. The molecule has 0 N–H and O–H groups in total. The number of hydrogen-bond acceptors (Lipinski definition) is 3. The number of rotatable bonds is 2. The van der Waals surface area contributed by atoms with Crippen molar-refractivity contribution in [3.8, 4) is 0 Å². The molecule has 0 saturated carbocycles. The molecule has 4 nitrogen and oxygen atoms in total. The van der Waals surface area contributed by atoms with Crippen molar-refractivity contribution in [2.24, 2.45) is 5.92 Å². The second-order valence-electron chi connectivity index (χ2n) is 4.65. The van der Waals surface area contributed by atoms with Gasteiger partial charge in [0.1, 0.15) is 11.0 Å². The summed E-state index contributed by atoms with van der Waals surface area (Å²) < 4.78 is 2.16. The number of pyridine rings is 2. The Balaban J connectivity index is 2.34. The van der Waals surface area contributed by atoms with E-state index in [-0.39, 0.29) is 0 Å². The minimum atomic E-state index is 0.583. The first kappa shape index (κ1) is 10.2. The van der Waals surface area contributed by atoms with Gasteiger partial charge in [0, 0.05) is 12.7 Å². The standard InChI is InChI=1S/C13H14N4/c1-9(2)7-17-8-16-11-6-15-10-4-3-5-14-12(10)13(11)17/h3-6,8-9H,7H2,1-2H3. The largest absolute Gasteiger partial charge is 0.328 e. The van der Waals surface area contributed by atoms with Crippen molar-refractivity contribution in [2.45, 2.75) is 20.4 Å². The Kier molecular flexibility index (Phi) is 2.28. The maximum Gasteiger partial charge on any atom is 0.115 e. The van der Waals surface area contributed by atoms with Crippen LogP contribution in [0.15, 0.2) is 30.9 Å². The van der Waals surface area contributed by atoms with Crippen molar-refractivity contribution in [2.75, 3.05) is 0 Å². The fourth-order valence-corrected chi connectivity index (χ4v) is 2.10. The molecule has 3 aromatic rings. The predicted octanol–water partition coefficient (Wildman–Crippen LogP) is 2.64. The van der Waals surface area contributed by atoms with Crippen molar-refractivity contribution in [1.29, 1.82) is 0 Å². The molecule has 4 heteroatoms. The van der Waals surface area contributed by atoms with Gasteiger partial charge in [0.25, 0.3) is 0 Å². The molecular formula is C13H14N4. The van der Waals surface area contributed by atoms with Gasteiger partial charge in [0.15, 0.2) is 0 Å². The Labute approximate surface area is 99.3 Å². The monoisotopic (exact) mass is 226 g/mol. The van der Waals surface area contributed by atoms with E-state index in [1.807, 2.05) is 24.7 Å². The lowest BCUT2D eigenvalue weighted by atomic mass is 10.2. The molecule has 0 amide bonds. The lowest BCUT2D eigenvalue weighted by Gasteiger charge is -2.08. The van der Waals surface area contributed by atoms with Gasteiger partial charge in [-0.1, -0.05) is 13.8 Å². The van der Waals surface area contributed by atoms with Gasteiger partial charge in [-0.25, -0.2) is 4.98 Å². The highest BCUT2D eigenvalue weighted by molar-refractivity contribution is 5.99. The van der Waals surface area contributed by atoms with Gasteiger partial charge in [0.2, 0.25) is 0 Å². The van der Waals surface area contributed by atoms with Crippen molar-refractivity contribution >= 4 is 22.1 Å². The van der Waals surface area contributed by atoms with Gasteiger partial charge in [-0.2, -0.15) is 0 Å². The quantitative estimate of drug-likeness (QED) is 0.674. The van der Waals surface area contributed by atoms with Crippen LogP contribution in [-0.4, -0.2) is 19.5 Å². The van der Waals surface area contributed by atoms with Crippen molar-refractivity contribution in [3.63, 3.8) is 0 Å². The molecule has 0 saturated heterocycles. The summed E-state index contributed by atoms with van der Waals surface area (Å²) in [6.45, 7) is 5.34. The molecule has 0 aliphatic rings. The summed E-state index contributed by atoms with van der Waals surface area (Å²) in [6.07, 6.45) is 5.49. The maximum atomic E-state index is 4.43. The first-order chi connectivity index (χ1) is 8.25. The molecular weight excluding hydrogens is 212 g/mol. The zero-order valence-corrected chi connectivity index (χ0v) is 9.96. The van der Waals surface area contributed by atoms with Crippen molar-refractivity contribution in [3.05, 3.63) is 30.9 Å². The summed E-state index contributed by atoms with van der Waals surface area (Å²) in [4.78, 5) is 13.2. The van der Waals surface area contributed by atoms with Crippen LogP contribution in [0.1, 0.15) is 13.8 Å². The second-order valence-corrected chi connectivity index (χ2v) is 4.65. The van der Waals surface area contributed by atoms with E-state index >= 15 is 0 Å². The van der Waals surface area contributed by atoms with Gasteiger partial charge in [-0.05, 0) is 18.1 Å². The Bertz CT molecular complexity index is 669. The molecule has 3 heterocycles. The molecule has 0 fully saturated rings. The molecule has 0 radical (unpaired) electrons. The first-order valence-electron chi connectivity index (χ1n) is 5.80. The number of nitrogens with zero attached hydrogens (tertiary/aromatic N) is 4. The molecule has 0 aromatic carbocycles. The molecule has 0 aliphatic carbocycles. The van der Waals surface area contributed by atoms with Crippen molar-refractivity contribution < 1.29 is 0 Å². The molecule has 17 heavy (non-hydrogen) atoms. The third-order valence-electron chi connectivity index (χ3n) is 2.76. The minimum Gasteiger partial charge on any atom is -0.328 e. The van der Waals surface area contributed by atoms with Crippen LogP contribution < -0.4 is 0 Å². The fraction of sp³-hybridized carbons (Fsp3) is 0.308. The number of fused-ring (bicyclic) bond motifs is 3. The molecule has 86 valence electrons. The molecule has 0 bridgehead atoms. The number of imidazole rings is 1. The minimum absolute atomic E-state index is 0.583. The normalized spacial score (nSPS) is 11.7. The van der Waals surface area contributed by atoms with Gasteiger partial charge in [0.05, 0.1) is 23.6 Å². The van der Waals surface area contributed by atoms with E-state index < -0.39 is 0 Å². The SMILES string of the molecule is CC(C)Cn1cnc2cnc3cccnc3c21. The third-order valence-corrected chi connectivity index (χ3v) is 2.76. The highest BCUT2D eigenvalue weighted by atomic mass is 15.1. The summed E-state index contributed by atoms with van der Waals surface area (Å²) in [7, 11) is 0. The molecule has 0 unspecified atom stereocenters. The molecule has 3 rings (SSSR count). The van der Waals surface area contributed by atoms with E-state index in [4.69, 9.17) is 0 Å². The van der Waals surface area contributed by atoms with Crippen LogP contribution in [0.2, 0.25) is 0 Å². The van der Waals surface area contributed by atoms with Crippen LogP contribution in [0.5, 0.6) is 0 Å². The van der Waals surface area contributed by atoms with Gasteiger partial charge in [-0.15, -0.1) is 0 Å². The summed E-state index contributed by atoms with van der Waals surface area (Å²) in [6, 6.07) is 3.89. The van der Waals surface area contributed by atoms with Crippen molar-refractivity contribution in [1.82, 2.24) is 19.5 Å². The zero-order chi connectivity index (χ0) is 11.8. The van der Waals surface area contributed by atoms with E-state index in [1.165, 1.54) is 0 Å². The molecule has 3 aromatic heterocycles. The summed E-state index contributed by atoms with van der Waals surface area (Å²) >= 11 is 0. The van der Waals surface area contributed by atoms with E-state index in [9.17, 15) is 0 Å². The Morgan fingerprint density at radius 2 is 2.06 bits per heavy atom. The number of hydrogen-bond donors (Lipinski definition) is 0. The van der Waals surface area contributed by atoms with Crippen LogP contribution in [0.3, 0.4) is 0 Å². The van der Waals surface area contributed by atoms with Crippen LogP contribution in [0.25, 0.3) is 22.1 Å². The first-order valence-corrected chi connectivity index (χ1v) is 5.80. The average molecular weight is 226 g/mol. The zero-order valence-electron chi connectivity index (χ0n) is 9.96. The molecule has 0 aliphatic heterocycles. The van der Waals surface area contributed by atoms with Crippen LogP contribution in [-0.2, 0) is 6.54 Å². The predicted molar refractivity (Wildman–Crippen MR) is 67.7 cm³/mol. The topological polar surface area (TPSA) is 43.6 Å². The summed E-state index contributed by atoms with van der Waals surface area (Å²) in [5.41, 5.74) is 3.86. The van der Waals surface area contributed by atoms with Gasteiger partial charge in [-0.3, -0.25) is 9.97 Å². The van der Waals surface area contributed by atoms with E-state index in [2.05, 4.69) is 33.4 Å². The average Bonchev–Trinajstić information content (AvgIpc) is 2.72. The fourth-order valence-electron chi connectivity index (χ4n) is 2.10. The Hall–Kier alpha value is -1.97. The lowest BCUT2D eigenvalue weighted by Crippen LogP contribution is -2.03. The van der Waals surface area contributed by atoms with E-state index in [0.717, 1.165) is 28.6 Å². The second kappa shape index (κ2) is 3.80. The summed E-state index contributed by atoms with van der Waals surface area (Å²) in [5.74, 6) is 0.583. The number of aromatic nitrogens is 4. The molecule has 0 spiro atoms. The Morgan fingerprint density at radius 1 is 1.18 bits per heavy atom. The van der Waals surface area contributed by atoms with Crippen LogP contribution >= 0.6 is 0 Å². The van der Waals surface area contributed by atoms with Crippen LogP contribution in [0, 0.1) is 5.92 Å². The van der Waals surface area contributed by atoms with Gasteiger partial charge < -0.3 is 4.57 Å².